The molecular formula is C15H18N2O3S. The van der Waals surface area contributed by atoms with Crippen LogP contribution in [0.2, 0.25) is 0 Å². The third kappa shape index (κ3) is 3.88. The minimum absolute atomic E-state index is 0.307. The second-order valence-corrected chi connectivity index (χ2v) is 6.74. The van der Waals surface area contributed by atoms with Crippen LogP contribution in [-0.4, -0.2) is 21.8 Å². The highest BCUT2D eigenvalue weighted by Crippen LogP contribution is 2.22. The van der Waals surface area contributed by atoms with Crippen LogP contribution in [0.25, 0.3) is 0 Å². The molecule has 0 unspecified atom stereocenters. The lowest BCUT2D eigenvalue weighted by molar-refractivity contribution is 0.417. The molecule has 0 aliphatic rings. The fourth-order valence-corrected chi connectivity index (χ4v) is 2.55. The van der Waals surface area contributed by atoms with E-state index in [4.69, 9.17) is 10.5 Å². The van der Waals surface area contributed by atoms with Crippen LogP contribution < -0.4 is 15.8 Å². The summed E-state index contributed by atoms with van der Waals surface area (Å²) in [5.74, 6) is 0.649. The quantitative estimate of drug-likeness (QED) is 0.828. The molecule has 2 aromatic carbocycles. The molecule has 0 atom stereocenters. The zero-order valence-corrected chi connectivity index (χ0v) is 12.8. The van der Waals surface area contributed by atoms with Crippen LogP contribution in [0.1, 0.15) is 5.56 Å². The Morgan fingerprint density at radius 1 is 1.14 bits per heavy atom. The van der Waals surface area contributed by atoms with E-state index in [1.807, 2.05) is 18.2 Å². The van der Waals surface area contributed by atoms with Crippen molar-refractivity contribution in [1.29, 1.82) is 0 Å². The fraction of sp³-hybridized carbons (Fsp3) is 0.200. The molecule has 3 N–H and O–H groups in total. The molecule has 0 saturated carbocycles. The minimum atomic E-state index is -3.16. The second-order valence-electron chi connectivity index (χ2n) is 4.73. The summed E-state index contributed by atoms with van der Waals surface area (Å²) < 4.78 is 27.9. The number of anilines is 2. The van der Waals surface area contributed by atoms with Gasteiger partial charge in [-0.1, -0.05) is 6.07 Å². The number of ether oxygens (including phenoxy) is 1. The smallest absolute Gasteiger partial charge is 0.175 e. The first-order valence-corrected chi connectivity index (χ1v) is 8.25. The number of benzene rings is 2. The lowest BCUT2D eigenvalue weighted by Gasteiger charge is -2.10. The summed E-state index contributed by atoms with van der Waals surface area (Å²) in [7, 11) is -1.58. The number of hydrogen-bond donors (Lipinski definition) is 2. The molecule has 21 heavy (non-hydrogen) atoms. The summed E-state index contributed by atoms with van der Waals surface area (Å²) in [5.41, 5.74) is 8.29. The van der Waals surface area contributed by atoms with Gasteiger partial charge in [0.1, 0.15) is 5.75 Å². The van der Waals surface area contributed by atoms with Gasteiger partial charge in [-0.3, -0.25) is 0 Å². The Kier molecular flexibility index (Phi) is 4.37. The topological polar surface area (TPSA) is 81.4 Å². The van der Waals surface area contributed by atoms with Gasteiger partial charge < -0.3 is 15.8 Å². The fourth-order valence-electron chi connectivity index (χ4n) is 1.92. The lowest BCUT2D eigenvalue weighted by atomic mass is 10.2. The van der Waals surface area contributed by atoms with Crippen molar-refractivity contribution >= 4 is 21.2 Å². The standard InChI is InChI=1S/C15H18N2O3S/c1-20-15-8-3-11(9-14(15)16)10-17-12-4-6-13(7-5-12)21(2,18)19/h3-9,17H,10,16H2,1-2H3. The van der Waals surface area contributed by atoms with Crippen LogP contribution in [0.5, 0.6) is 5.75 Å². The van der Waals surface area contributed by atoms with Gasteiger partial charge in [-0.2, -0.15) is 0 Å². The zero-order chi connectivity index (χ0) is 15.5. The summed E-state index contributed by atoms with van der Waals surface area (Å²) in [5, 5.41) is 3.21. The number of nitrogens with two attached hydrogens (primary N) is 1. The molecule has 6 heteroatoms. The third-order valence-electron chi connectivity index (χ3n) is 3.07. The van der Waals surface area contributed by atoms with E-state index in [1.54, 1.807) is 31.4 Å². The molecule has 5 nitrogen and oxygen atoms in total. The van der Waals surface area contributed by atoms with E-state index in [0.29, 0.717) is 22.9 Å². The van der Waals surface area contributed by atoms with Gasteiger partial charge in [0.25, 0.3) is 0 Å². The Morgan fingerprint density at radius 2 is 1.81 bits per heavy atom. The largest absolute Gasteiger partial charge is 0.495 e. The molecule has 112 valence electrons. The van der Waals surface area contributed by atoms with Gasteiger partial charge in [0.15, 0.2) is 9.84 Å². The first-order valence-electron chi connectivity index (χ1n) is 6.36. The molecule has 0 aliphatic carbocycles. The maximum atomic E-state index is 11.4. The van der Waals surface area contributed by atoms with Crippen molar-refractivity contribution in [2.24, 2.45) is 0 Å². The van der Waals surface area contributed by atoms with Crippen LogP contribution in [0, 0.1) is 0 Å². The normalized spacial score (nSPS) is 11.1. The van der Waals surface area contributed by atoms with E-state index >= 15 is 0 Å². The zero-order valence-electron chi connectivity index (χ0n) is 12.0. The highest BCUT2D eigenvalue weighted by Gasteiger charge is 2.06. The molecule has 2 aromatic rings. The number of rotatable bonds is 5. The molecule has 0 heterocycles. The maximum Gasteiger partial charge on any atom is 0.175 e. The predicted molar refractivity (Wildman–Crippen MR) is 84.3 cm³/mol. The van der Waals surface area contributed by atoms with Crippen molar-refractivity contribution in [3.63, 3.8) is 0 Å². The molecule has 0 amide bonds. The Hall–Kier alpha value is -2.21. The SMILES string of the molecule is COc1ccc(CNc2ccc(S(C)(=O)=O)cc2)cc1N. The summed E-state index contributed by atoms with van der Waals surface area (Å²) in [6.07, 6.45) is 1.19. The van der Waals surface area contributed by atoms with E-state index in [2.05, 4.69) is 5.32 Å². The predicted octanol–water partition coefficient (Wildman–Crippen LogP) is 2.29. The van der Waals surface area contributed by atoms with Gasteiger partial charge in [0.05, 0.1) is 17.7 Å². The van der Waals surface area contributed by atoms with E-state index < -0.39 is 9.84 Å². The average Bonchev–Trinajstić information content (AvgIpc) is 2.45. The van der Waals surface area contributed by atoms with Gasteiger partial charge in [-0.05, 0) is 42.0 Å². The lowest BCUT2D eigenvalue weighted by Crippen LogP contribution is -2.02. The van der Waals surface area contributed by atoms with Gasteiger partial charge >= 0.3 is 0 Å². The minimum Gasteiger partial charge on any atom is -0.495 e. The molecule has 0 bridgehead atoms. The molecule has 0 aliphatic heterocycles. The van der Waals surface area contributed by atoms with Crippen molar-refractivity contribution in [1.82, 2.24) is 0 Å². The van der Waals surface area contributed by atoms with Crippen LogP contribution >= 0.6 is 0 Å². The molecule has 0 radical (unpaired) electrons. The Balaban J connectivity index is 2.05. The molecular weight excluding hydrogens is 288 g/mol. The Morgan fingerprint density at radius 3 is 2.33 bits per heavy atom. The number of methoxy groups -OCH3 is 1. The van der Waals surface area contributed by atoms with Crippen molar-refractivity contribution in [2.75, 3.05) is 24.4 Å². The van der Waals surface area contributed by atoms with Crippen molar-refractivity contribution in [3.05, 3.63) is 48.0 Å². The van der Waals surface area contributed by atoms with Gasteiger partial charge in [-0.15, -0.1) is 0 Å². The van der Waals surface area contributed by atoms with Crippen LogP contribution in [0.3, 0.4) is 0 Å². The number of hydrogen-bond acceptors (Lipinski definition) is 5. The van der Waals surface area contributed by atoms with Crippen molar-refractivity contribution in [3.8, 4) is 5.75 Å². The molecule has 0 spiro atoms. The summed E-state index contributed by atoms with van der Waals surface area (Å²) in [6.45, 7) is 0.590. The molecule has 0 fully saturated rings. The monoisotopic (exact) mass is 306 g/mol. The van der Waals surface area contributed by atoms with Gasteiger partial charge in [0.2, 0.25) is 0 Å². The highest BCUT2D eigenvalue weighted by molar-refractivity contribution is 7.90. The Bertz CT molecular complexity index is 725. The second kappa shape index (κ2) is 6.05. The van der Waals surface area contributed by atoms with Gasteiger partial charge in [-0.25, -0.2) is 8.42 Å². The first kappa shape index (κ1) is 15.2. The van der Waals surface area contributed by atoms with E-state index in [-0.39, 0.29) is 0 Å². The number of sulfone groups is 1. The summed E-state index contributed by atoms with van der Waals surface area (Å²) in [6, 6.07) is 12.2. The highest BCUT2D eigenvalue weighted by atomic mass is 32.2. The maximum absolute atomic E-state index is 11.4. The third-order valence-corrected chi connectivity index (χ3v) is 4.20. The van der Waals surface area contributed by atoms with Crippen LogP contribution in [0.4, 0.5) is 11.4 Å². The van der Waals surface area contributed by atoms with Crippen molar-refractivity contribution < 1.29 is 13.2 Å². The average molecular weight is 306 g/mol. The summed E-state index contributed by atoms with van der Waals surface area (Å²) >= 11 is 0. The van der Waals surface area contributed by atoms with E-state index in [9.17, 15) is 8.42 Å². The van der Waals surface area contributed by atoms with E-state index in [0.717, 1.165) is 11.3 Å². The molecule has 2 rings (SSSR count). The van der Waals surface area contributed by atoms with Crippen LogP contribution in [-0.2, 0) is 16.4 Å². The Labute approximate surface area is 124 Å². The molecule has 0 aromatic heterocycles. The summed E-state index contributed by atoms with van der Waals surface area (Å²) in [4.78, 5) is 0.307. The van der Waals surface area contributed by atoms with Crippen molar-refractivity contribution in [2.45, 2.75) is 11.4 Å². The number of nitrogens with one attached hydrogen (secondary N) is 1. The number of nitrogen functional groups attached to an aromatic ring is 1. The van der Waals surface area contributed by atoms with E-state index in [1.165, 1.54) is 6.26 Å². The van der Waals surface area contributed by atoms with Gasteiger partial charge in [0, 0.05) is 18.5 Å². The molecule has 0 saturated heterocycles. The first-order chi connectivity index (χ1) is 9.90. The van der Waals surface area contributed by atoms with Crippen LogP contribution in [0.15, 0.2) is 47.4 Å².